The van der Waals surface area contributed by atoms with E-state index in [4.69, 9.17) is 9.47 Å². The second kappa shape index (κ2) is 8.14. The zero-order valence-electron chi connectivity index (χ0n) is 11.8. The van der Waals surface area contributed by atoms with Crippen molar-refractivity contribution in [2.24, 2.45) is 0 Å². The van der Waals surface area contributed by atoms with Gasteiger partial charge in [-0.1, -0.05) is 6.07 Å². The molecule has 0 aliphatic carbocycles. The fourth-order valence-corrected chi connectivity index (χ4v) is 2.95. The molecule has 116 valence electrons. The first-order valence-electron chi connectivity index (χ1n) is 6.53. The van der Waals surface area contributed by atoms with E-state index in [1.54, 1.807) is 24.4 Å². The third kappa shape index (κ3) is 4.70. The molecule has 0 aliphatic heterocycles. The van der Waals surface area contributed by atoms with Crippen LogP contribution in [-0.2, 0) is 9.53 Å². The molecule has 1 amide bonds. The Morgan fingerprint density at radius 1 is 1.32 bits per heavy atom. The molecule has 5 nitrogen and oxygen atoms in total. The van der Waals surface area contributed by atoms with Crippen molar-refractivity contribution in [1.82, 2.24) is 0 Å². The number of halogens is 1. The number of hydrogen-bond donors (Lipinski definition) is 1. The molecule has 1 aromatic heterocycles. The van der Waals surface area contributed by atoms with E-state index >= 15 is 0 Å². The molecule has 0 saturated heterocycles. The molecular weight excluding hydrogens is 417 g/mol. The minimum absolute atomic E-state index is 0.125. The quantitative estimate of drug-likeness (QED) is 0.562. The summed E-state index contributed by atoms with van der Waals surface area (Å²) < 4.78 is 11.4. The molecule has 0 saturated carbocycles. The number of carbonyl (C=O) groups is 2. The van der Waals surface area contributed by atoms with Gasteiger partial charge in [0.1, 0.15) is 10.8 Å². The number of thiophene rings is 1. The van der Waals surface area contributed by atoms with Crippen molar-refractivity contribution in [3.8, 4) is 5.75 Å². The Morgan fingerprint density at radius 2 is 2.14 bits per heavy atom. The molecule has 0 atom stereocenters. The van der Waals surface area contributed by atoms with Crippen molar-refractivity contribution in [3.05, 3.63) is 44.8 Å². The van der Waals surface area contributed by atoms with Crippen LogP contribution in [0.4, 0.5) is 5.00 Å². The highest BCUT2D eigenvalue weighted by Crippen LogP contribution is 2.24. The fraction of sp³-hybridized carbons (Fsp3) is 0.200. The van der Waals surface area contributed by atoms with Gasteiger partial charge in [-0.2, -0.15) is 0 Å². The van der Waals surface area contributed by atoms with Gasteiger partial charge in [-0.25, -0.2) is 4.79 Å². The minimum atomic E-state index is -0.447. The van der Waals surface area contributed by atoms with Gasteiger partial charge in [0.05, 0.1) is 12.2 Å². The molecule has 1 heterocycles. The van der Waals surface area contributed by atoms with E-state index in [0.717, 1.165) is 3.57 Å². The van der Waals surface area contributed by atoms with Crippen LogP contribution in [0.5, 0.6) is 5.75 Å². The third-order valence-corrected chi connectivity index (χ3v) is 4.08. The predicted molar refractivity (Wildman–Crippen MR) is 93.6 cm³/mol. The Hall–Kier alpha value is -1.61. The fourth-order valence-electron chi connectivity index (χ4n) is 1.64. The zero-order valence-corrected chi connectivity index (χ0v) is 14.8. The van der Waals surface area contributed by atoms with E-state index in [1.165, 1.54) is 11.3 Å². The summed E-state index contributed by atoms with van der Waals surface area (Å²) in [7, 11) is 0. The zero-order chi connectivity index (χ0) is 15.9. The van der Waals surface area contributed by atoms with Crippen LogP contribution in [0, 0.1) is 3.57 Å². The Morgan fingerprint density at radius 3 is 2.86 bits per heavy atom. The van der Waals surface area contributed by atoms with Gasteiger partial charge in [-0.15, -0.1) is 11.3 Å². The van der Waals surface area contributed by atoms with E-state index in [2.05, 4.69) is 27.9 Å². The summed E-state index contributed by atoms with van der Waals surface area (Å²) in [5.74, 6) is -0.150. The van der Waals surface area contributed by atoms with Crippen molar-refractivity contribution < 1.29 is 19.1 Å². The summed E-state index contributed by atoms with van der Waals surface area (Å²) in [4.78, 5) is 23.6. The molecule has 0 aliphatic rings. The highest BCUT2D eigenvalue weighted by molar-refractivity contribution is 14.1. The number of rotatable bonds is 6. The van der Waals surface area contributed by atoms with Gasteiger partial charge < -0.3 is 14.8 Å². The van der Waals surface area contributed by atoms with Gasteiger partial charge in [0.25, 0.3) is 5.91 Å². The van der Waals surface area contributed by atoms with Gasteiger partial charge in [0.15, 0.2) is 6.61 Å². The molecule has 0 fully saturated rings. The predicted octanol–water partition coefficient (Wildman–Crippen LogP) is 3.55. The Kier molecular flexibility index (Phi) is 6.20. The molecule has 2 rings (SSSR count). The van der Waals surface area contributed by atoms with Gasteiger partial charge in [-0.3, -0.25) is 4.79 Å². The summed E-state index contributed by atoms with van der Waals surface area (Å²) in [6, 6.07) is 9.03. The Labute approximate surface area is 145 Å². The molecular formula is C15H14INO4S. The highest BCUT2D eigenvalue weighted by atomic mass is 127. The van der Waals surface area contributed by atoms with Crippen LogP contribution in [-0.4, -0.2) is 25.1 Å². The maximum Gasteiger partial charge on any atom is 0.341 e. The first-order chi connectivity index (χ1) is 10.6. The van der Waals surface area contributed by atoms with E-state index in [1.807, 2.05) is 18.2 Å². The topological polar surface area (TPSA) is 64.6 Å². The first-order valence-corrected chi connectivity index (χ1v) is 8.49. The van der Waals surface area contributed by atoms with Crippen LogP contribution in [0.25, 0.3) is 0 Å². The Bertz CT molecular complexity index is 671. The van der Waals surface area contributed by atoms with Crippen LogP contribution in [0.1, 0.15) is 17.3 Å². The third-order valence-electron chi connectivity index (χ3n) is 2.58. The molecule has 0 bridgehead atoms. The number of anilines is 1. The van der Waals surface area contributed by atoms with Gasteiger partial charge in [0.2, 0.25) is 0 Å². The summed E-state index contributed by atoms with van der Waals surface area (Å²) in [6.45, 7) is 1.90. The summed E-state index contributed by atoms with van der Waals surface area (Å²) in [5, 5.41) is 4.86. The average molecular weight is 431 g/mol. The van der Waals surface area contributed by atoms with E-state index < -0.39 is 5.97 Å². The Balaban J connectivity index is 1.92. The first kappa shape index (κ1) is 16.8. The van der Waals surface area contributed by atoms with E-state index in [-0.39, 0.29) is 19.1 Å². The summed E-state index contributed by atoms with van der Waals surface area (Å²) in [5.41, 5.74) is 0.356. The maximum absolute atomic E-state index is 11.9. The second-order valence-electron chi connectivity index (χ2n) is 4.18. The largest absolute Gasteiger partial charge is 0.484 e. The number of amides is 1. The lowest BCUT2D eigenvalue weighted by atomic mass is 10.3. The van der Waals surface area contributed by atoms with Crippen molar-refractivity contribution in [2.75, 3.05) is 18.5 Å². The van der Waals surface area contributed by atoms with Crippen molar-refractivity contribution in [1.29, 1.82) is 0 Å². The van der Waals surface area contributed by atoms with Gasteiger partial charge in [0, 0.05) is 3.57 Å². The molecule has 2 aromatic rings. The van der Waals surface area contributed by atoms with E-state index in [0.29, 0.717) is 16.3 Å². The number of benzene rings is 1. The smallest absolute Gasteiger partial charge is 0.341 e. The summed E-state index contributed by atoms with van der Waals surface area (Å²) in [6.07, 6.45) is 0. The van der Waals surface area contributed by atoms with Crippen LogP contribution < -0.4 is 10.1 Å². The van der Waals surface area contributed by atoms with Gasteiger partial charge >= 0.3 is 5.97 Å². The molecule has 22 heavy (non-hydrogen) atoms. The van der Waals surface area contributed by atoms with Gasteiger partial charge in [-0.05, 0) is 59.2 Å². The van der Waals surface area contributed by atoms with E-state index in [9.17, 15) is 9.59 Å². The van der Waals surface area contributed by atoms with Crippen LogP contribution in [0.15, 0.2) is 35.7 Å². The molecule has 7 heteroatoms. The van der Waals surface area contributed by atoms with Crippen molar-refractivity contribution in [2.45, 2.75) is 6.92 Å². The lowest BCUT2D eigenvalue weighted by Gasteiger charge is -2.08. The lowest BCUT2D eigenvalue weighted by Crippen LogP contribution is -2.21. The summed E-state index contributed by atoms with van der Waals surface area (Å²) >= 11 is 3.44. The molecule has 0 spiro atoms. The maximum atomic E-state index is 11.9. The number of ether oxygens (including phenoxy) is 2. The average Bonchev–Trinajstić information content (AvgIpc) is 2.94. The second-order valence-corrected chi connectivity index (χ2v) is 6.34. The number of nitrogens with one attached hydrogen (secondary N) is 1. The van der Waals surface area contributed by atoms with Crippen molar-refractivity contribution >= 4 is 50.8 Å². The standard InChI is InChI=1S/C15H14INO4S/c1-2-20-15(19)12-6-7-22-14(12)17-13(18)9-21-11-5-3-4-10(16)8-11/h3-8H,2,9H2,1H3,(H,17,18). The lowest BCUT2D eigenvalue weighted by molar-refractivity contribution is -0.118. The molecule has 1 aromatic carbocycles. The highest BCUT2D eigenvalue weighted by Gasteiger charge is 2.16. The van der Waals surface area contributed by atoms with Crippen molar-refractivity contribution in [3.63, 3.8) is 0 Å². The number of carbonyl (C=O) groups excluding carboxylic acids is 2. The van der Waals surface area contributed by atoms with Crippen LogP contribution in [0.3, 0.4) is 0 Å². The normalized spacial score (nSPS) is 10.1. The number of esters is 1. The monoisotopic (exact) mass is 431 g/mol. The molecule has 1 N–H and O–H groups in total. The molecule has 0 unspecified atom stereocenters. The SMILES string of the molecule is CCOC(=O)c1ccsc1NC(=O)COc1cccc(I)c1. The minimum Gasteiger partial charge on any atom is -0.484 e. The molecule has 0 radical (unpaired) electrons. The van der Waals surface area contributed by atoms with Crippen LogP contribution >= 0.6 is 33.9 Å². The number of hydrogen-bond acceptors (Lipinski definition) is 5. The van der Waals surface area contributed by atoms with Crippen LogP contribution in [0.2, 0.25) is 0 Å².